The molecule has 2 N–H and O–H groups in total. The third kappa shape index (κ3) is 1.93. The molecule has 0 aliphatic heterocycles. The highest BCUT2D eigenvalue weighted by atomic mass is 79.9. The molecule has 3 rings (SSSR count). The van der Waals surface area contributed by atoms with E-state index < -0.39 is 0 Å². The van der Waals surface area contributed by atoms with E-state index in [1.807, 2.05) is 0 Å². The van der Waals surface area contributed by atoms with Crippen LogP contribution < -0.4 is 5.73 Å². The normalized spacial score (nSPS) is 36.1. The molecular weight excluding hydrogens is 262 g/mol. The highest BCUT2D eigenvalue weighted by molar-refractivity contribution is 9.10. The molecule has 2 aliphatic rings. The second-order valence-electron chi connectivity index (χ2n) is 5.67. The van der Waals surface area contributed by atoms with Crippen LogP contribution in [0.5, 0.6) is 0 Å². The van der Waals surface area contributed by atoms with Gasteiger partial charge in [-0.25, -0.2) is 0 Å². The van der Waals surface area contributed by atoms with Gasteiger partial charge in [0.25, 0.3) is 0 Å². The molecule has 2 heteroatoms. The molecule has 0 heterocycles. The number of benzene rings is 1. The van der Waals surface area contributed by atoms with E-state index in [-0.39, 0.29) is 0 Å². The van der Waals surface area contributed by atoms with Crippen molar-refractivity contribution in [1.82, 2.24) is 0 Å². The molecule has 0 saturated heterocycles. The van der Waals surface area contributed by atoms with Crippen molar-refractivity contribution in [3.05, 3.63) is 34.3 Å². The van der Waals surface area contributed by atoms with E-state index in [9.17, 15) is 0 Å². The van der Waals surface area contributed by atoms with E-state index in [1.165, 1.54) is 31.2 Å². The second kappa shape index (κ2) is 3.85. The van der Waals surface area contributed by atoms with Gasteiger partial charge in [-0.2, -0.15) is 0 Å². The number of hydrogen-bond donors (Lipinski definition) is 1. The van der Waals surface area contributed by atoms with Crippen molar-refractivity contribution >= 4 is 15.9 Å². The van der Waals surface area contributed by atoms with Crippen molar-refractivity contribution in [2.24, 2.45) is 23.0 Å². The molecule has 2 unspecified atom stereocenters. The zero-order chi connectivity index (χ0) is 11.2. The Morgan fingerprint density at radius 2 is 1.81 bits per heavy atom. The minimum Gasteiger partial charge on any atom is -0.330 e. The first-order chi connectivity index (χ1) is 7.71. The molecule has 1 nitrogen and oxygen atoms in total. The van der Waals surface area contributed by atoms with Gasteiger partial charge in [0, 0.05) is 4.47 Å². The van der Waals surface area contributed by atoms with Crippen molar-refractivity contribution in [1.29, 1.82) is 0 Å². The summed E-state index contributed by atoms with van der Waals surface area (Å²) in [5.74, 6) is 2.03. The van der Waals surface area contributed by atoms with Crippen LogP contribution in [0.1, 0.15) is 24.8 Å². The van der Waals surface area contributed by atoms with Crippen molar-refractivity contribution in [3.63, 3.8) is 0 Å². The van der Waals surface area contributed by atoms with E-state index in [2.05, 4.69) is 40.2 Å². The third-order valence-electron chi connectivity index (χ3n) is 4.38. The highest BCUT2D eigenvalue weighted by Crippen LogP contribution is 2.60. The summed E-state index contributed by atoms with van der Waals surface area (Å²) >= 11 is 3.48. The van der Waals surface area contributed by atoms with Crippen molar-refractivity contribution in [2.75, 3.05) is 6.54 Å². The Morgan fingerprint density at radius 1 is 1.19 bits per heavy atom. The molecule has 2 aliphatic carbocycles. The number of nitrogens with two attached hydrogens (primary N) is 1. The summed E-state index contributed by atoms with van der Waals surface area (Å²) in [6, 6.07) is 8.72. The maximum atomic E-state index is 6.02. The minimum absolute atomic E-state index is 0.418. The Kier molecular flexibility index (Phi) is 2.60. The quantitative estimate of drug-likeness (QED) is 0.902. The van der Waals surface area contributed by atoms with Gasteiger partial charge in [-0.15, -0.1) is 0 Å². The first kappa shape index (κ1) is 10.8. The molecule has 0 spiro atoms. The van der Waals surface area contributed by atoms with Crippen LogP contribution in [0.3, 0.4) is 0 Å². The Bertz CT molecular complexity index is 374. The van der Waals surface area contributed by atoms with Gasteiger partial charge in [0.2, 0.25) is 0 Å². The fourth-order valence-electron chi connectivity index (χ4n) is 3.42. The van der Waals surface area contributed by atoms with E-state index in [0.29, 0.717) is 5.41 Å². The minimum atomic E-state index is 0.418. The number of hydrogen-bond acceptors (Lipinski definition) is 1. The van der Waals surface area contributed by atoms with Crippen LogP contribution >= 0.6 is 15.9 Å². The van der Waals surface area contributed by atoms with Crippen LogP contribution in [0.2, 0.25) is 0 Å². The van der Waals surface area contributed by atoms with Crippen LogP contribution in [0.15, 0.2) is 28.7 Å². The Morgan fingerprint density at radius 3 is 2.38 bits per heavy atom. The summed E-state index contributed by atoms with van der Waals surface area (Å²) in [4.78, 5) is 0. The van der Waals surface area contributed by atoms with Gasteiger partial charge in [0.1, 0.15) is 0 Å². The summed E-state index contributed by atoms with van der Waals surface area (Å²) in [7, 11) is 0. The molecule has 16 heavy (non-hydrogen) atoms. The van der Waals surface area contributed by atoms with Gasteiger partial charge in [-0.05, 0) is 67.2 Å². The average Bonchev–Trinajstić information content (AvgIpc) is 2.91. The summed E-state index contributed by atoms with van der Waals surface area (Å²) in [6.45, 7) is 0.857. The topological polar surface area (TPSA) is 26.0 Å². The molecule has 0 bridgehead atoms. The van der Waals surface area contributed by atoms with Gasteiger partial charge in [0.05, 0.1) is 0 Å². The largest absolute Gasteiger partial charge is 0.330 e. The van der Waals surface area contributed by atoms with E-state index >= 15 is 0 Å². The van der Waals surface area contributed by atoms with E-state index in [4.69, 9.17) is 5.73 Å². The zero-order valence-electron chi connectivity index (χ0n) is 9.45. The van der Waals surface area contributed by atoms with Gasteiger partial charge in [-0.3, -0.25) is 0 Å². The predicted octanol–water partition coefficient (Wildman–Crippen LogP) is 3.37. The summed E-state index contributed by atoms with van der Waals surface area (Å²) in [5.41, 5.74) is 7.88. The maximum absolute atomic E-state index is 6.02. The summed E-state index contributed by atoms with van der Waals surface area (Å²) in [6.07, 6.45) is 5.38. The summed E-state index contributed by atoms with van der Waals surface area (Å²) < 4.78 is 1.16. The number of halogens is 1. The molecule has 1 aromatic carbocycles. The fraction of sp³-hybridized carbons (Fsp3) is 0.571. The fourth-order valence-corrected chi connectivity index (χ4v) is 3.69. The first-order valence-corrected chi connectivity index (χ1v) is 6.95. The Balaban J connectivity index is 1.75. The molecule has 1 aromatic rings. The van der Waals surface area contributed by atoms with Crippen molar-refractivity contribution in [2.45, 2.75) is 25.7 Å². The molecule has 0 radical (unpaired) electrons. The maximum Gasteiger partial charge on any atom is 0.0175 e. The van der Waals surface area contributed by atoms with Gasteiger partial charge < -0.3 is 5.73 Å². The molecule has 86 valence electrons. The Labute approximate surface area is 106 Å². The van der Waals surface area contributed by atoms with Crippen LogP contribution in [0.4, 0.5) is 0 Å². The lowest BCUT2D eigenvalue weighted by Crippen LogP contribution is -2.31. The first-order valence-electron chi connectivity index (χ1n) is 6.15. The number of rotatable bonds is 3. The molecule has 0 aromatic heterocycles. The van der Waals surface area contributed by atoms with E-state index in [0.717, 1.165) is 22.9 Å². The predicted molar refractivity (Wildman–Crippen MR) is 70.2 cm³/mol. The second-order valence-corrected chi connectivity index (χ2v) is 6.59. The third-order valence-corrected chi connectivity index (χ3v) is 4.91. The van der Waals surface area contributed by atoms with Crippen molar-refractivity contribution < 1.29 is 0 Å². The van der Waals surface area contributed by atoms with Crippen LogP contribution in [-0.2, 0) is 6.42 Å². The molecular formula is C14H18BrN. The van der Waals surface area contributed by atoms with Crippen LogP contribution in [0.25, 0.3) is 0 Å². The van der Waals surface area contributed by atoms with Gasteiger partial charge in [-0.1, -0.05) is 28.1 Å². The molecule has 2 atom stereocenters. The SMILES string of the molecule is NCC1(Cc2ccc(Br)cc2)CC2CC2C1. The smallest absolute Gasteiger partial charge is 0.0175 e. The molecule has 2 fully saturated rings. The molecule has 2 saturated carbocycles. The lowest BCUT2D eigenvalue weighted by molar-refractivity contribution is 0.273. The van der Waals surface area contributed by atoms with Gasteiger partial charge in [0.15, 0.2) is 0 Å². The van der Waals surface area contributed by atoms with Gasteiger partial charge >= 0.3 is 0 Å². The molecule has 0 amide bonds. The summed E-state index contributed by atoms with van der Waals surface area (Å²) in [5, 5.41) is 0. The zero-order valence-corrected chi connectivity index (χ0v) is 11.0. The van der Waals surface area contributed by atoms with Crippen LogP contribution in [-0.4, -0.2) is 6.54 Å². The lowest BCUT2D eigenvalue weighted by atomic mass is 9.77. The standard InChI is InChI=1S/C14H18BrN/c15-13-3-1-10(2-4-13)6-14(9-16)7-11-5-12(11)8-14/h1-4,11-12H,5-9,16H2. The lowest BCUT2D eigenvalue weighted by Gasteiger charge is -2.29. The number of fused-ring (bicyclic) bond motifs is 1. The van der Waals surface area contributed by atoms with E-state index in [1.54, 1.807) is 0 Å². The Hall–Kier alpha value is -0.340. The van der Waals surface area contributed by atoms with Crippen molar-refractivity contribution in [3.8, 4) is 0 Å². The average molecular weight is 280 g/mol. The van der Waals surface area contributed by atoms with Crippen LogP contribution in [0, 0.1) is 17.3 Å². The highest BCUT2D eigenvalue weighted by Gasteiger charge is 2.52. The monoisotopic (exact) mass is 279 g/mol.